The Kier molecular flexibility index (Phi) is 11.0. The molecule has 8 nitrogen and oxygen atoms in total. The van der Waals surface area contributed by atoms with Crippen molar-refractivity contribution in [2.45, 2.75) is 0 Å². The van der Waals surface area contributed by atoms with Crippen molar-refractivity contribution in [3.63, 3.8) is 0 Å². The first-order chi connectivity index (χ1) is 17.5. The minimum absolute atomic E-state index is 0. The number of carbonyl (C=O) groups is 2. The third-order valence-corrected chi connectivity index (χ3v) is 4.93. The number of para-hydroxylation sites is 2. The number of aldehydes is 2. The average Bonchev–Trinajstić information content (AvgIpc) is 3.64. The van der Waals surface area contributed by atoms with Crippen LogP contribution in [-0.4, -0.2) is 37.0 Å². The fourth-order valence-electron chi connectivity index (χ4n) is 3.14. The molecule has 0 fully saturated rings. The minimum atomic E-state index is -0.271. The third-order valence-electron chi connectivity index (χ3n) is 4.93. The molecule has 192 valence electrons. The van der Waals surface area contributed by atoms with Gasteiger partial charge in [-0.05, 0) is 48.6 Å². The molecule has 0 aromatic heterocycles. The minimum Gasteiger partial charge on any atom is -0.493 e. The van der Waals surface area contributed by atoms with Crippen LogP contribution in [-0.2, 0) is 17.1 Å². The molecule has 0 radical (unpaired) electrons. The summed E-state index contributed by atoms with van der Waals surface area (Å²) in [6, 6.07) is 9.83. The Labute approximate surface area is 224 Å². The van der Waals surface area contributed by atoms with Gasteiger partial charge in [0.2, 0.25) is 0 Å². The zero-order chi connectivity index (χ0) is 25.9. The number of aliphatic hydroxyl groups excluding tert-OH is 2. The molecule has 0 amide bonds. The summed E-state index contributed by atoms with van der Waals surface area (Å²) in [5.41, 5.74) is 1.70. The summed E-state index contributed by atoms with van der Waals surface area (Å²) in [4.78, 5) is 21.9. The van der Waals surface area contributed by atoms with Gasteiger partial charge in [-0.2, -0.15) is 0 Å². The second-order valence-corrected chi connectivity index (χ2v) is 7.15. The topological polar surface area (TPSA) is 112 Å². The van der Waals surface area contributed by atoms with Crippen LogP contribution in [0.4, 0.5) is 0 Å². The van der Waals surface area contributed by atoms with Crippen LogP contribution in [0.5, 0.6) is 23.0 Å². The van der Waals surface area contributed by atoms with Gasteiger partial charge in [-0.25, -0.2) is 0 Å². The fourth-order valence-corrected chi connectivity index (χ4v) is 3.14. The number of hydrogen-bond acceptors (Lipinski definition) is 8. The van der Waals surface area contributed by atoms with E-state index in [1.165, 1.54) is 14.2 Å². The Morgan fingerprint density at radius 3 is 1.30 bits per heavy atom. The molecular weight excluding hydrogens is 520 g/mol. The van der Waals surface area contributed by atoms with Gasteiger partial charge in [-0.15, -0.1) is 0 Å². The maximum Gasteiger partial charge on any atom is 0.289 e. The molecule has 2 N–H and O–H groups in total. The van der Waals surface area contributed by atoms with E-state index in [4.69, 9.17) is 18.9 Å². The molecule has 2 aromatic rings. The molecule has 0 spiro atoms. The molecule has 0 heterocycles. The van der Waals surface area contributed by atoms with E-state index in [1.54, 1.807) is 85.0 Å². The maximum atomic E-state index is 10.9. The summed E-state index contributed by atoms with van der Waals surface area (Å²) in [5.74, 6) is 0.637. The molecule has 2 aliphatic rings. The Balaban J connectivity index is 0.000000253. The molecule has 4 rings (SSSR count). The number of ether oxygens (including phenoxy) is 4. The molecule has 0 saturated heterocycles. The molecule has 0 unspecified atom stereocenters. The summed E-state index contributed by atoms with van der Waals surface area (Å²) in [7, 11) is 2.94. The normalized spacial score (nSPS) is 12.3. The standard InChI is InChI=1S/2C14H12O4.Fe/c2*1-17-12-8-4-7-11(9-15)13(12)18-14(16)10-5-2-3-6-10;/h2*2-9,16H,1H3;. The van der Waals surface area contributed by atoms with Gasteiger partial charge in [-0.3, -0.25) is 9.59 Å². The number of rotatable bonds is 8. The van der Waals surface area contributed by atoms with Crippen molar-refractivity contribution >= 4 is 12.6 Å². The molecule has 0 bridgehead atoms. The summed E-state index contributed by atoms with van der Waals surface area (Å²) >= 11 is 0. The van der Waals surface area contributed by atoms with Gasteiger partial charge in [0.1, 0.15) is 0 Å². The van der Waals surface area contributed by atoms with Crippen LogP contribution in [0.3, 0.4) is 0 Å². The van der Waals surface area contributed by atoms with Gasteiger partial charge < -0.3 is 29.2 Å². The van der Waals surface area contributed by atoms with Crippen LogP contribution in [0.15, 0.2) is 108 Å². The molecule has 0 atom stereocenters. The van der Waals surface area contributed by atoms with Crippen molar-refractivity contribution in [3.05, 3.63) is 119 Å². The average molecular weight is 544 g/mol. The number of carbonyl (C=O) groups excluding carboxylic acids is 2. The maximum absolute atomic E-state index is 10.9. The number of aliphatic hydroxyl groups is 2. The smallest absolute Gasteiger partial charge is 0.289 e. The van der Waals surface area contributed by atoms with Crippen molar-refractivity contribution in [2.24, 2.45) is 0 Å². The van der Waals surface area contributed by atoms with E-state index in [-0.39, 0.29) is 40.5 Å². The first-order valence-electron chi connectivity index (χ1n) is 10.7. The molecule has 0 aliphatic heterocycles. The summed E-state index contributed by atoms with van der Waals surface area (Å²) < 4.78 is 20.8. The van der Waals surface area contributed by atoms with Crippen LogP contribution >= 0.6 is 0 Å². The van der Waals surface area contributed by atoms with Gasteiger partial charge in [0.25, 0.3) is 11.9 Å². The number of benzene rings is 2. The molecular formula is C28H24FeO8. The zero-order valence-electron chi connectivity index (χ0n) is 19.9. The molecule has 37 heavy (non-hydrogen) atoms. The Hall–Kier alpha value is -4.46. The number of methoxy groups -OCH3 is 2. The van der Waals surface area contributed by atoms with Gasteiger partial charge in [0.15, 0.2) is 35.6 Å². The summed E-state index contributed by atoms with van der Waals surface area (Å²) in [5, 5.41) is 19.7. The van der Waals surface area contributed by atoms with Crippen molar-refractivity contribution in [1.29, 1.82) is 0 Å². The monoisotopic (exact) mass is 544 g/mol. The Morgan fingerprint density at radius 1 is 0.649 bits per heavy atom. The van der Waals surface area contributed by atoms with E-state index in [2.05, 4.69) is 0 Å². The van der Waals surface area contributed by atoms with Gasteiger partial charge >= 0.3 is 0 Å². The molecule has 0 saturated carbocycles. The molecule has 2 aromatic carbocycles. The largest absolute Gasteiger partial charge is 0.493 e. The van der Waals surface area contributed by atoms with Crippen LogP contribution in [0.1, 0.15) is 20.7 Å². The van der Waals surface area contributed by atoms with Crippen LogP contribution in [0, 0.1) is 0 Å². The first kappa shape index (κ1) is 28.8. The van der Waals surface area contributed by atoms with Crippen molar-refractivity contribution in [1.82, 2.24) is 0 Å². The van der Waals surface area contributed by atoms with E-state index >= 15 is 0 Å². The van der Waals surface area contributed by atoms with Gasteiger partial charge in [0, 0.05) is 17.1 Å². The fraction of sp³-hybridized carbons (Fsp3) is 0.0714. The van der Waals surface area contributed by atoms with Crippen molar-refractivity contribution < 1.29 is 55.8 Å². The van der Waals surface area contributed by atoms with Gasteiger partial charge in [0.05, 0.1) is 36.5 Å². The van der Waals surface area contributed by atoms with Crippen LogP contribution in [0.2, 0.25) is 0 Å². The van der Waals surface area contributed by atoms with E-state index in [9.17, 15) is 19.8 Å². The Morgan fingerprint density at radius 2 is 1.00 bits per heavy atom. The second-order valence-electron chi connectivity index (χ2n) is 7.15. The second kappa shape index (κ2) is 14.2. The third kappa shape index (κ3) is 7.27. The van der Waals surface area contributed by atoms with E-state index < -0.39 is 0 Å². The van der Waals surface area contributed by atoms with Gasteiger partial charge in [-0.1, -0.05) is 36.4 Å². The quantitative estimate of drug-likeness (QED) is 0.253. The summed E-state index contributed by atoms with van der Waals surface area (Å²) in [6.07, 6.45) is 15.2. The Bertz CT molecular complexity index is 1190. The van der Waals surface area contributed by atoms with Crippen molar-refractivity contribution in [2.75, 3.05) is 14.2 Å². The van der Waals surface area contributed by atoms with Crippen molar-refractivity contribution in [3.8, 4) is 23.0 Å². The van der Waals surface area contributed by atoms with E-state index in [0.717, 1.165) is 0 Å². The van der Waals surface area contributed by atoms with Crippen LogP contribution in [0.25, 0.3) is 0 Å². The SMILES string of the molecule is COc1cccc(C=O)c1OC(O)=C1C=CC=C1.COc1cccc(C=O)c1OC(O)=C1C=CC=C1.[Fe]. The first-order valence-corrected chi connectivity index (χ1v) is 10.7. The predicted octanol–water partition coefficient (Wildman–Crippen LogP) is 5.56. The predicted molar refractivity (Wildman–Crippen MR) is 134 cm³/mol. The zero-order valence-corrected chi connectivity index (χ0v) is 21.0. The van der Waals surface area contributed by atoms with E-state index in [0.29, 0.717) is 46.3 Å². The molecule has 9 heteroatoms. The number of hydrogen-bond donors (Lipinski definition) is 2. The van der Waals surface area contributed by atoms with Crippen LogP contribution < -0.4 is 18.9 Å². The summed E-state index contributed by atoms with van der Waals surface area (Å²) in [6.45, 7) is 0. The number of allylic oxidation sites excluding steroid dienone is 10. The molecule has 2 aliphatic carbocycles. The van der Waals surface area contributed by atoms with E-state index in [1.807, 2.05) is 0 Å².